The lowest BCUT2D eigenvalue weighted by Crippen LogP contribution is -2.04. The molecule has 0 unspecified atom stereocenters. The standard InChI is InChI=1S/C19H24N2O2/c1-5-13-11(3)7-8-15-17(13)16-12(4)19(23)20-14(6-2)18(16)21(15)9-10-22/h7-8,22H,5-6,9-10H2,1-4H3,(H,20,23). The first-order chi connectivity index (χ1) is 11.0. The number of rotatable bonds is 4. The van der Waals surface area contributed by atoms with Crippen molar-refractivity contribution in [2.45, 2.75) is 47.1 Å². The van der Waals surface area contributed by atoms with Gasteiger partial charge in [0.15, 0.2) is 0 Å². The normalized spacial score (nSPS) is 11.7. The van der Waals surface area contributed by atoms with Gasteiger partial charge in [-0.3, -0.25) is 0 Å². The maximum Gasteiger partial charge on any atom is 0.214 e. The van der Waals surface area contributed by atoms with Gasteiger partial charge in [-0.05, 0) is 43.9 Å². The number of aliphatic hydroxyl groups is 1. The molecule has 3 rings (SSSR count). The molecule has 122 valence electrons. The molecule has 0 atom stereocenters. The summed E-state index contributed by atoms with van der Waals surface area (Å²) in [5.74, 6) is 0.112. The first-order valence-electron chi connectivity index (χ1n) is 8.28. The second-order valence-corrected chi connectivity index (χ2v) is 6.07. The predicted molar refractivity (Wildman–Crippen MR) is 94.2 cm³/mol. The second-order valence-electron chi connectivity index (χ2n) is 6.07. The number of aliphatic hydroxyl groups excluding tert-OH is 1. The van der Waals surface area contributed by atoms with Gasteiger partial charge >= 0.3 is 0 Å². The number of hydrogen-bond acceptors (Lipinski definition) is 3. The van der Waals surface area contributed by atoms with Crippen molar-refractivity contribution in [1.82, 2.24) is 9.55 Å². The maximum absolute atomic E-state index is 10.3. The first kappa shape index (κ1) is 15.8. The third-order valence-electron chi connectivity index (χ3n) is 4.81. The molecule has 2 aromatic heterocycles. The molecule has 0 aliphatic rings. The highest BCUT2D eigenvalue weighted by Gasteiger charge is 2.21. The van der Waals surface area contributed by atoms with Crippen LogP contribution in [0.4, 0.5) is 0 Å². The third-order valence-corrected chi connectivity index (χ3v) is 4.81. The van der Waals surface area contributed by atoms with E-state index in [-0.39, 0.29) is 12.5 Å². The van der Waals surface area contributed by atoms with E-state index in [1.54, 1.807) is 0 Å². The van der Waals surface area contributed by atoms with Crippen LogP contribution >= 0.6 is 0 Å². The van der Waals surface area contributed by atoms with Gasteiger partial charge in [-0.15, -0.1) is 0 Å². The quantitative estimate of drug-likeness (QED) is 0.773. The van der Waals surface area contributed by atoms with E-state index >= 15 is 0 Å². The monoisotopic (exact) mass is 312 g/mol. The molecule has 0 radical (unpaired) electrons. The molecule has 0 aliphatic heterocycles. The summed E-state index contributed by atoms with van der Waals surface area (Å²) in [7, 11) is 0. The largest absolute Gasteiger partial charge is 0.493 e. The van der Waals surface area contributed by atoms with Crippen LogP contribution in [0.1, 0.15) is 36.2 Å². The van der Waals surface area contributed by atoms with Gasteiger partial charge in [0.2, 0.25) is 5.88 Å². The number of aryl methyl sites for hydroxylation is 4. The topological polar surface area (TPSA) is 58.3 Å². The highest BCUT2D eigenvalue weighted by molar-refractivity contribution is 6.12. The van der Waals surface area contributed by atoms with Crippen LogP contribution in [-0.4, -0.2) is 26.4 Å². The van der Waals surface area contributed by atoms with Crippen LogP contribution in [0.15, 0.2) is 12.1 Å². The van der Waals surface area contributed by atoms with Gasteiger partial charge in [0.1, 0.15) is 0 Å². The Hall–Kier alpha value is -2.07. The number of aromatic hydroxyl groups is 1. The molecule has 0 spiro atoms. The number of fused-ring (bicyclic) bond motifs is 3. The summed E-state index contributed by atoms with van der Waals surface area (Å²) in [6, 6.07) is 4.26. The van der Waals surface area contributed by atoms with Gasteiger partial charge in [-0.1, -0.05) is 19.9 Å². The van der Waals surface area contributed by atoms with Gasteiger partial charge in [-0.2, -0.15) is 0 Å². The molecule has 1 aromatic carbocycles. The van der Waals surface area contributed by atoms with E-state index in [9.17, 15) is 10.2 Å². The Kier molecular flexibility index (Phi) is 4.02. The highest BCUT2D eigenvalue weighted by Crippen LogP contribution is 2.39. The van der Waals surface area contributed by atoms with Gasteiger partial charge in [0, 0.05) is 28.4 Å². The molecule has 4 heteroatoms. The molecule has 0 fully saturated rings. The summed E-state index contributed by atoms with van der Waals surface area (Å²) in [4.78, 5) is 4.39. The Balaban J connectivity index is 2.65. The molecule has 0 bridgehead atoms. The first-order valence-corrected chi connectivity index (χ1v) is 8.28. The van der Waals surface area contributed by atoms with Gasteiger partial charge < -0.3 is 14.8 Å². The van der Waals surface area contributed by atoms with Gasteiger partial charge in [0.05, 0.1) is 17.8 Å². The molecule has 2 N–H and O–H groups in total. The Bertz CT molecular complexity index is 894. The molecule has 0 saturated carbocycles. The SMILES string of the molecule is CCc1c(C)ccc2c1c1c(C)c(O)nc(CC)c1n2CCO. The van der Waals surface area contributed by atoms with Crippen molar-refractivity contribution in [3.05, 3.63) is 34.5 Å². The molecule has 0 saturated heterocycles. The average molecular weight is 312 g/mol. The molecule has 3 aromatic rings. The summed E-state index contributed by atoms with van der Waals surface area (Å²) in [5.41, 5.74) is 6.43. The zero-order valence-corrected chi connectivity index (χ0v) is 14.3. The van der Waals surface area contributed by atoms with Crippen molar-refractivity contribution >= 4 is 21.8 Å². The number of nitrogens with zero attached hydrogens (tertiary/aromatic N) is 2. The lowest BCUT2D eigenvalue weighted by atomic mass is 9.97. The molecule has 4 nitrogen and oxygen atoms in total. The van der Waals surface area contributed by atoms with Gasteiger partial charge in [-0.25, -0.2) is 4.98 Å². The van der Waals surface area contributed by atoms with Gasteiger partial charge in [0.25, 0.3) is 0 Å². The lowest BCUT2D eigenvalue weighted by molar-refractivity contribution is 0.279. The Morgan fingerprint density at radius 1 is 1.09 bits per heavy atom. The van der Waals surface area contributed by atoms with Crippen LogP contribution in [0, 0.1) is 13.8 Å². The van der Waals surface area contributed by atoms with E-state index in [0.29, 0.717) is 6.54 Å². The molecule has 0 aliphatic carbocycles. The summed E-state index contributed by atoms with van der Waals surface area (Å²) < 4.78 is 2.15. The van der Waals surface area contributed by atoms with Crippen LogP contribution in [0.25, 0.3) is 21.8 Å². The summed E-state index contributed by atoms with van der Waals surface area (Å²) in [6.45, 7) is 8.87. The van der Waals surface area contributed by atoms with Crippen molar-refractivity contribution in [3.8, 4) is 5.88 Å². The Morgan fingerprint density at radius 2 is 1.83 bits per heavy atom. The minimum atomic E-state index is 0.0806. The molecular formula is C19H24N2O2. The van der Waals surface area contributed by atoms with Crippen LogP contribution in [0.5, 0.6) is 5.88 Å². The molecular weight excluding hydrogens is 288 g/mol. The number of hydrogen-bond donors (Lipinski definition) is 2. The van der Waals surface area contributed by atoms with E-state index in [1.165, 1.54) is 16.5 Å². The number of aromatic nitrogens is 2. The van der Waals surface area contributed by atoms with Crippen molar-refractivity contribution in [2.24, 2.45) is 0 Å². The summed E-state index contributed by atoms with van der Waals surface area (Å²) in [6.07, 6.45) is 1.68. The van der Waals surface area contributed by atoms with Crippen molar-refractivity contribution in [3.63, 3.8) is 0 Å². The second kappa shape index (κ2) is 5.85. The van der Waals surface area contributed by atoms with Crippen LogP contribution in [-0.2, 0) is 19.4 Å². The molecule has 2 heterocycles. The van der Waals surface area contributed by atoms with E-state index in [0.717, 1.165) is 40.5 Å². The van der Waals surface area contributed by atoms with Crippen LogP contribution in [0.3, 0.4) is 0 Å². The number of pyridine rings is 1. The van der Waals surface area contributed by atoms with Crippen molar-refractivity contribution < 1.29 is 10.2 Å². The lowest BCUT2D eigenvalue weighted by Gasteiger charge is -2.09. The predicted octanol–water partition coefficient (Wildman–Crippen LogP) is 3.63. The van der Waals surface area contributed by atoms with Crippen molar-refractivity contribution in [2.75, 3.05) is 6.61 Å². The van der Waals surface area contributed by atoms with Crippen LogP contribution < -0.4 is 0 Å². The summed E-state index contributed by atoms with van der Waals surface area (Å²) >= 11 is 0. The zero-order valence-electron chi connectivity index (χ0n) is 14.3. The average Bonchev–Trinajstić information content (AvgIpc) is 2.86. The fourth-order valence-corrected chi connectivity index (χ4v) is 3.69. The van der Waals surface area contributed by atoms with E-state index < -0.39 is 0 Å². The fourth-order valence-electron chi connectivity index (χ4n) is 3.69. The number of benzene rings is 1. The fraction of sp³-hybridized carbons (Fsp3) is 0.421. The minimum absolute atomic E-state index is 0.0806. The Morgan fingerprint density at radius 3 is 2.43 bits per heavy atom. The maximum atomic E-state index is 10.3. The zero-order chi connectivity index (χ0) is 16.7. The third kappa shape index (κ3) is 2.20. The smallest absolute Gasteiger partial charge is 0.214 e. The summed E-state index contributed by atoms with van der Waals surface area (Å²) in [5, 5.41) is 22.1. The molecule has 23 heavy (non-hydrogen) atoms. The van der Waals surface area contributed by atoms with Crippen molar-refractivity contribution in [1.29, 1.82) is 0 Å². The highest BCUT2D eigenvalue weighted by atomic mass is 16.3. The Labute approximate surface area is 136 Å². The van der Waals surface area contributed by atoms with Crippen LogP contribution in [0.2, 0.25) is 0 Å². The molecule has 0 amide bonds. The van der Waals surface area contributed by atoms with E-state index in [1.807, 2.05) is 13.8 Å². The minimum Gasteiger partial charge on any atom is -0.493 e. The van der Waals surface area contributed by atoms with E-state index in [2.05, 4.69) is 35.5 Å². The van der Waals surface area contributed by atoms with E-state index in [4.69, 9.17) is 0 Å².